The molecule has 0 radical (unpaired) electrons. The molecule has 0 saturated heterocycles. The highest BCUT2D eigenvalue weighted by molar-refractivity contribution is 6.35. The standard InChI is InChI=1S/C23H15ClF3NO2/c24-20-4-2-1-3-15(20)13-30-17-8-5-14(6-9-17)11-19-18-10-7-16(23(25,26)27)12-21(18)28-22(19)29/h1-12H,13H2,(H,28,29)/b19-11+. The number of rotatable bonds is 4. The van der Waals surface area contributed by atoms with Gasteiger partial charge in [0.05, 0.1) is 5.56 Å². The summed E-state index contributed by atoms with van der Waals surface area (Å²) in [4.78, 5) is 12.3. The minimum Gasteiger partial charge on any atom is -0.489 e. The molecule has 3 aromatic carbocycles. The van der Waals surface area contributed by atoms with Crippen molar-refractivity contribution in [1.29, 1.82) is 0 Å². The summed E-state index contributed by atoms with van der Waals surface area (Å²) in [5.41, 5.74) is 1.68. The molecule has 0 atom stereocenters. The summed E-state index contributed by atoms with van der Waals surface area (Å²) in [5, 5.41) is 3.11. The van der Waals surface area contributed by atoms with Crippen molar-refractivity contribution >= 4 is 34.8 Å². The summed E-state index contributed by atoms with van der Waals surface area (Å²) in [6, 6.07) is 17.7. The van der Waals surface area contributed by atoms with E-state index in [9.17, 15) is 18.0 Å². The maximum Gasteiger partial charge on any atom is 0.416 e. The number of hydrogen-bond donors (Lipinski definition) is 1. The van der Waals surface area contributed by atoms with Gasteiger partial charge in [-0.1, -0.05) is 48.0 Å². The van der Waals surface area contributed by atoms with Gasteiger partial charge >= 0.3 is 6.18 Å². The lowest BCUT2D eigenvalue weighted by molar-refractivity contribution is -0.137. The fourth-order valence-electron chi connectivity index (χ4n) is 3.12. The predicted molar refractivity (Wildman–Crippen MR) is 110 cm³/mol. The number of fused-ring (bicyclic) bond motifs is 1. The molecule has 1 N–H and O–H groups in total. The number of hydrogen-bond acceptors (Lipinski definition) is 2. The van der Waals surface area contributed by atoms with E-state index in [4.69, 9.17) is 16.3 Å². The van der Waals surface area contributed by atoms with Crippen molar-refractivity contribution in [2.75, 3.05) is 5.32 Å². The first-order valence-electron chi connectivity index (χ1n) is 9.02. The van der Waals surface area contributed by atoms with Crippen LogP contribution in [-0.2, 0) is 17.6 Å². The summed E-state index contributed by atoms with van der Waals surface area (Å²) >= 11 is 6.11. The van der Waals surface area contributed by atoms with E-state index in [1.165, 1.54) is 6.07 Å². The van der Waals surface area contributed by atoms with Crippen LogP contribution in [0.3, 0.4) is 0 Å². The highest BCUT2D eigenvalue weighted by Gasteiger charge is 2.33. The van der Waals surface area contributed by atoms with Crippen LogP contribution in [0.2, 0.25) is 5.02 Å². The van der Waals surface area contributed by atoms with Crippen molar-refractivity contribution in [2.24, 2.45) is 0 Å². The molecule has 3 aromatic rings. The summed E-state index contributed by atoms with van der Waals surface area (Å²) in [6.45, 7) is 0.317. The first kappa shape index (κ1) is 20.0. The molecule has 1 amide bonds. The van der Waals surface area contributed by atoms with Gasteiger partial charge in [0.25, 0.3) is 5.91 Å². The maximum atomic E-state index is 12.9. The third-order valence-corrected chi connectivity index (χ3v) is 5.04. The largest absolute Gasteiger partial charge is 0.489 e. The lowest BCUT2D eigenvalue weighted by Crippen LogP contribution is -2.06. The first-order valence-corrected chi connectivity index (χ1v) is 9.40. The zero-order chi connectivity index (χ0) is 21.3. The van der Waals surface area contributed by atoms with Crippen molar-refractivity contribution in [3.63, 3.8) is 0 Å². The average molecular weight is 430 g/mol. The van der Waals surface area contributed by atoms with Gasteiger partial charge in [-0.05, 0) is 42.0 Å². The molecule has 0 saturated carbocycles. The van der Waals surface area contributed by atoms with Crippen molar-refractivity contribution < 1.29 is 22.7 Å². The molecule has 3 nitrogen and oxygen atoms in total. The van der Waals surface area contributed by atoms with Crippen LogP contribution in [0, 0.1) is 0 Å². The van der Waals surface area contributed by atoms with E-state index in [1.54, 1.807) is 36.4 Å². The normalized spacial score (nSPS) is 14.5. The zero-order valence-corrected chi connectivity index (χ0v) is 16.2. The van der Waals surface area contributed by atoms with Gasteiger partial charge < -0.3 is 10.1 Å². The minimum absolute atomic E-state index is 0.153. The Morgan fingerprint density at radius 1 is 1.00 bits per heavy atom. The molecule has 7 heteroatoms. The molecule has 1 aliphatic heterocycles. The molecule has 4 rings (SSSR count). The summed E-state index contributed by atoms with van der Waals surface area (Å²) in [7, 11) is 0. The second-order valence-electron chi connectivity index (χ2n) is 6.72. The Hall–Kier alpha value is -3.25. The Kier molecular flexibility index (Phi) is 5.26. The number of carbonyl (C=O) groups excluding carboxylic acids is 1. The quantitative estimate of drug-likeness (QED) is 0.485. The molecular formula is C23H15ClF3NO2. The smallest absolute Gasteiger partial charge is 0.416 e. The number of halogens is 4. The molecule has 1 heterocycles. The van der Waals surface area contributed by atoms with Crippen molar-refractivity contribution in [1.82, 2.24) is 0 Å². The fraction of sp³-hybridized carbons (Fsp3) is 0.0870. The van der Waals surface area contributed by atoms with Crippen LogP contribution in [-0.4, -0.2) is 5.91 Å². The fourth-order valence-corrected chi connectivity index (χ4v) is 3.31. The summed E-state index contributed by atoms with van der Waals surface area (Å²) in [6.07, 6.45) is -2.84. The van der Waals surface area contributed by atoms with E-state index in [1.807, 2.05) is 18.2 Å². The molecule has 0 fully saturated rings. The molecule has 0 bridgehead atoms. The highest BCUT2D eigenvalue weighted by atomic mass is 35.5. The van der Waals surface area contributed by atoms with Gasteiger partial charge in [-0.3, -0.25) is 4.79 Å². The average Bonchev–Trinajstić information content (AvgIpc) is 3.02. The Morgan fingerprint density at radius 3 is 2.43 bits per heavy atom. The van der Waals surface area contributed by atoms with Crippen LogP contribution in [0.4, 0.5) is 18.9 Å². The lowest BCUT2D eigenvalue weighted by atomic mass is 10.0. The number of alkyl halides is 3. The van der Waals surface area contributed by atoms with Crippen molar-refractivity contribution in [2.45, 2.75) is 12.8 Å². The SMILES string of the molecule is O=C1Nc2cc(C(F)(F)F)ccc2/C1=C\c1ccc(OCc2ccccc2Cl)cc1. The van der Waals surface area contributed by atoms with Gasteiger partial charge in [-0.25, -0.2) is 0 Å². The van der Waals surface area contributed by atoms with E-state index < -0.39 is 17.6 Å². The van der Waals surface area contributed by atoms with Crippen LogP contribution < -0.4 is 10.1 Å². The number of amides is 1. The Bertz CT molecular complexity index is 1140. The van der Waals surface area contributed by atoms with Crippen molar-refractivity contribution in [3.8, 4) is 5.75 Å². The van der Waals surface area contributed by atoms with Crippen LogP contribution in [0.25, 0.3) is 11.6 Å². The number of nitrogens with one attached hydrogen (secondary N) is 1. The van der Waals surface area contributed by atoms with Crippen LogP contribution >= 0.6 is 11.6 Å². The van der Waals surface area contributed by atoms with Crippen LogP contribution in [0.1, 0.15) is 22.3 Å². The van der Waals surface area contributed by atoms with Gasteiger partial charge in [-0.15, -0.1) is 0 Å². The van der Waals surface area contributed by atoms with Gasteiger partial charge in [0, 0.05) is 27.4 Å². The molecule has 1 aliphatic rings. The summed E-state index contributed by atoms with van der Waals surface area (Å²) < 4.78 is 44.4. The molecule has 0 aliphatic carbocycles. The Labute approximate surface area is 175 Å². The van der Waals surface area contributed by atoms with Gasteiger partial charge in [0.1, 0.15) is 12.4 Å². The first-order chi connectivity index (χ1) is 14.3. The number of ether oxygens (including phenoxy) is 1. The molecule has 30 heavy (non-hydrogen) atoms. The Balaban J connectivity index is 1.52. The van der Waals surface area contributed by atoms with E-state index in [-0.39, 0.29) is 5.69 Å². The monoisotopic (exact) mass is 429 g/mol. The summed E-state index contributed by atoms with van der Waals surface area (Å²) in [5.74, 6) is 0.187. The zero-order valence-electron chi connectivity index (χ0n) is 15.5. The topological polar surface area (TPSA) is 38.3 Å². The van der Waals surface area contributed by atoms with E-state index in [0.717, 1.165) is 23.3 Å². The number of benzene rings is 3. The van der Waals surface area contributed by atoms with E-state index in [2.05, 4.69) is 5.32 Å². The Morgan fingerprint density at radius 2 is 1.73 bits per heavy atom. The van der Waals surface area contributed by atoms with Gasteiger partial charge in [0.15, 0.2) is 0 Å². The molecular weight excluding hydrogens is 415 g/mol. The second kappa shape index (κ2) is 7.88. The van der Waals surface area contributed by atoms with Crippen LogP contribution in [0.5, 0.6) is 5.75 Å². The minimum atomic E-state index is -4.47. The molecule has 0 spiro atoms. The van der Waals surface area contributed by atoms with Gasteiger partial charge in [0.2, 0.25) is 0 Å². The lowest BCUT2D eigenvalue weighted by Gasteiger charge is -2.08. The molecule has 0 aromatic heterocycles. The third kappa shape index (κ3) is 4.19. The third-order valence-electron chi connectivity index (χ3n) is 4.67. The van der Waals surface area contributed by atoms with Crippen molar-refractivity contribution in [3.05, 3.63) is 94.0 Å². The molecule has 0 unspecified atom stereocenters. The molecule has 152 valence electrons. The van der Waals surface area contributed by atoms with E-state index >= 15 is 0 Å². The predicted octanol–water partition coefficient (Wildman–Crippen LogP) is 6.43. The number of carbonyl (C=O) groups is 1. The number of anilines is 1. The van der Waals surface area contributed by atoms with Crippen LogP contribution in [0.15, 0.2) is 66.7 Å². The highest BCUT2D eigenvalue weighted by Crippen LogP contribution is 2.38. The second-order valence-corrected chi connectivity index (χ2v) is 7.13. The maximum absolute atomic E-state index is 12.9. The van der Waals surface area contributed by atoms with E-state index in [0.29, 0.717) is 28.5 Å². The van der Waals surface area contributed by atoms with Gasteiger partial charge in [-0.2, -0.15) is 13.2 Å².